The number of hydrogen-bond donors (Lipinski definition) is 2. The molecule has 0 amide bonds. The van der Waals surface area contributed by atoms with Crippen molar-refractivity contribution < 1.29 is 10.6 Å². The zero-order chi connectivity index (χ0) is 58.2. The van der Waals surface area contributed by atoms with Gasteiger partial charge in [-0.3, -0.25) is 0 Å². The molecule has 0 unspecified atom stereocenters. The Morgan fingerprint density at radius 2 is 0.397 bits per heavy atom. The SMILES string of the molecule is CC(C)(C)c1cc(-c2cc(C[NH2+]CCSSCC[NH2+]Cc3cc(-c4cc(C(C)(C)C)cc(C(C)(C)C)c4)cc(-c4cc(C(C)(C)C)cc(C(C)(C)C)c4)c3)cc(-c3cc(C(C)(C)C)cc(C(C)(C)C)c3)c2)cc(C(C)(C)C)c1. The lowest BCUT2D eigenvalue weighted by Gasteiger charge is -2.27. The zero-order valence-corrected chi connectivity index (χ0v) is 55.2. The van der Waals surface area contributed by atoms with Crippen LogP contribution in [0.3, 0.4) is 0 Å². The van der Waals surface area contributed by atoms with E-state index in [9.17, 15) is 0 Å². The summed E-state index contributed by atoms with van der Waals surface area (Å²) in [6.45, 7) is 60.3. The molecule has 0 heterocycles. The molecule has 4 heteroatoms. The second-order valence-electron chi connectivity index (χ2n) is 31.2. The Labute approximate surface area is 485 Å². The third kappa shape index (κ3) is 17.2. The van der Waals surface area contributed by atoms with E-state index in [1.807, 2.05) is 21.6 Å². The van der Waals surface area contributed by atoms with Gasteiger partial charge in [0.05, 0.1) is 24.6 Å². The Morgan fingerprint density at radius 3 is 0.564 bits per heavy atom. The van der Waals surface area contributed by atoms with Gasteiger partial charge in [0, 0.05) is 11.1 Å². The van der Waals surface area contributed by atoms with E-state index in [0.717, 1.165) is 37.7 Å². The first kappa shape index (κ1) is 63.1. The first-order valence-electron chi connectivity index (χ1n) is 29.5. The van der Waals surface area contributed by atoms with Gasteiger partial charge in [-0.2, -0.15) is 0 Å². The van der Waals surface area contributed by atoms with E-state index in [1.54, 1.807) is 0 Å². The van der Waals surface area contributed by atoms with Crippen LogP contribution in [0, 0.1) is 0 Å². The molecule has 0 aliphatic carbocycles. The number of quaternary nitrogens is 2. The summed E-state index contributed by atoms with van der Waals surface area (Å²) < 4.78 is 0. The molecule has 0 saturated heterocycles. The van der Waals surface area contributed by atoms with Gasteiger partial charge in [0.25, 0.3) is 0 Å². The van der Waals surface area contributed by atoms with Crippen molar-refractivity contribution in [2.24, 2.45) is 0 Å². The van der Waals surface area contributed by atoms with Crippen LogP contribution in [0.1, 0.15) is 222 Å². The van der Waals surface area contributed by atoms with E-state index in [2.05, 4.69) is 286 Å². The standard InChI is InChI=1S/C74H104N2S2/c1-67(2,3)59-35-55(36-60(43-59)68(4,5)6)51-29-49(30-52(33-51)56-37-61(69(7,8)9)44-62(38-56)70(10,11)12)47-75-25-27-77-78-28-26-76-48-50-31-53(57-39-63(71(13,14)15)45-64(40-57)72(16,17)18)34-54(32-50)58-41-65(73(19,20)21)46-66(42-58)74(22,23)24/h29-46,75-76H,25-28,47-48H2,1-24H3/p+2. The summed E-state index contributed by atoms with van der Waals surface area (Å²) in [6.07, 6.45) is 0. The minimum Gasteiger partial charge on any atom is -0.342 e. The molecule has 0 bridgehead atoms. The van der Waals surface area contributed by atoms with Crippen LogP contribution in [-0.4, -0.2) is 24.6 Å². The molecule has 2 nitrogen and oxygen atoms in total. The molecular formula is C74H106N2S2+2. The highest BCUT2D eigenvalue weighted by molar-refractivity contribution is 8.76. The maximum absolute atomic E-state index is 2.52. The van der Waals surface area contributed by atoms with Crippen molar-refractivity contribution in [3.63, 3.8) is 0 Å². The van der Waals surface area contributed by atoms with E-state index in [1.165, 1.54) is 100 Å². The minimum atomic E-state index is 0.0453. The second kappa shape index (κ2) is 23.8. The molecule has 0 saturated carbocycles. The summed E-state index contributed by atoms with van der Waals surface area (Å²) in [5, 5.41) is 5.05. The molecule has 0 aromatic heterocycles. The van der Waals surface area contributed by atoms with Crippen LogP contribution in [0.4, 0.5) is 0 Å². The highest BCUT2D eigenvalue weighted by Crippen LogP contribution is 2.41. The number of nitrogens with two attached hydrogens (primary N) is 2. The largest absolute Gasteiger partial charge is 0.342 e. The van der Waals surface area contributed by atoms with Crippen LogP contribution < -0.4 is 10.6 Å². The molecule has 422 valence electrons. The monoisotopic (exact) mass is 1090 g/mol. The summed E-state index contributed by atoms with van der Waals surface area (Å²) in [5.41, 5.74) is 24.8. The second-order valence-corrected chi connectivity index (χ2v) is 33.9. The first-order valence-corrected chi connectivity index (χ1v) is 32.0. The molecule has 0 radical (unpaired) electrons. The maximum atomic E-state index is 2.52. The maximum Gasteiger partial charge on any atom is 0.101 e. The fraction of sp³-hybridized carbons (Fsp3) is 0.514. The normalized spacial score (nSPS) is 13.4. The van der Waals surface area contributed by atoms with Crippen LogP contribution >= 0.6 is 21.6 Å². The lowest BCUT2D eigenvalue weighted by atomic mass is 9.78. The summed E-state index contributed by atoms with van der Waals surface area (Å²) in [4.78, 5) is 0. The quantitative estimate of drug-likeness (QED) is 0.0794. The molecule has 0 aliphatic heterocycles. The third-order valence-electron chi connectivity index (χ3n) is 15.6. The van der Waals surface area contributed by atoms with Crippen molar-refractivity contribution in [1.82, 2.24) is 0 Å². The molecule has 0 aliphatic rings. The van der Waals surface area contributed by atoms with Gasteiger partial charge in [-0.05, 0) is 169 Å². The summed E-state index contributed by atoms with van der Waals surface area (Å²) in [7, 11) is 4.06. The number of benzene rings is 6. The van der Waals surface area contributed by atoms with Gasteiger partial charge >= 0.3 is 0 Å². The zero-order valence-electron chi connectivity index (χ0n) is 53.6. The molecule has 0 spiro atoms. The Morgan fingerprint density at radius 1 is 0.231 bits per heavy atom. The van der Waals surface area contributed by atoms with Crippen molar-refractivity contribution in [3.05, 3.63) is 165 Å². The Balaban J connectivity index is 1.19. The molecular weight excluding hydrogens is 981 g/mol. The summed E-state index contributed by atoms with van der Waals surface area (Å²) in [6, 6.07) is 44.3. The first-order chi connectivity index (χ1) is 35.7. The van der Waals surface area contributed by atoms with Crippen LogP contribution in [0.2, 0.25) is 0 Å². The molecule has 6 rings (SSSR count). The predicted octanol–water partition coefficient (Wildman–Crippen LogP) is 18.9. The van der Waals surface area contributed by atoms with Crippen molar-refractivity contribution in [1.29, 1.82) is 0 Å². The van der Waals surface area contributed by atoms with E-state index >= 15 is 0 Å². The van der Waals surface area contributed by atoms with Crippen molar-refractivity contribution in [2.45, 2.75) is 223 Å². The third-order valence-corrected chi connectivity index (χ3v) is 18.1. The van der Waals surface area contributed by atoms with Gasteiger partial charge in [-0.15, -0.1) is 0 Å². The topological polar surface area (TPSA) is 33.2 Å². The van der Waals surface area contributed by atoms with E-state index < -0.39 is 0 Å². The highest BCUT2D eigenvalue weighted by atomic mass is 33.1. The van der Waals surface area contributed by atoms with Crippen molar-refractivity contribution in [3.8, 4) is 44.5 Å². The van der Waals surface area contributed by atoms with Gasteiger partial charge in [0.1, 0.15) is 13.1 Å². The van der Waals surface area contributed by atoms with Gasteiger partial charge in [-0.25, -0.2) is 0 Å². The summed E-state index contributed by atoms with van der Waals surface area (Å²) >= 11 is 0. The van der Waals surface area contributed by atoms with Crippen LogP contribution in [0.15, 0.2) is 109 Å². The average Bonchev–Trinajstić information content (AvgIpc) is 3.32. The van der Waals surface area contributed by atoms with E-state index in [0.29, 0.717) is 0 Å². The fourth-order valence-electron chi connectivity index (χ4n) is 9.85. The average molecular weight is 1090 g/mol. The number of rotatable bonds is 15. The molecule has 4 N–H and O–H groups in total. The molecule has 6 aromatic carbocycles. The Hall–Kier alpha value is -4.06. The lowest BCUT2D eigenvalue weighted by molar-refractivity contribution is -0.666. The smallest absolute Gasteiger partial charge is 0.101 e. The van der Waals surface area contributed by atoms with E-state index in [4.69, 9.17) is 0 Å². The van der Waals surface area contributed by atoms with Gasteiger partial charge in [0.15, 0.2) is 0 Å². The van der Waals surface area contributed by atoms with Gasteiger partial charge < -0.3 is 10.6 Å². The molecule has 6 aromatic rings. The fourth-order valence-corrected chi connectivity index (χ4v) is 11.9. The number of hydrogen-bond acceptors (Lipinski definition) is 2. The van der Waals surface area contributed by atoms with Crippen LogP contribution in [-0.2, 0) is 56.4 Å². The van der Waals surface area contributed by atoms with Gasteiger partial charge in [0.2, 0.25) is 0 Å². The van der Waals surface area contributed by atoms with Crippen molar-refractivity contribution >= 4 is 21.6 Å². The predicted molar refractivity (Wildman–Crippen MR) is 350 cm³/mol. The molecule has 0 atom stereocenters. The van der Waals surface area contributed by atoms with Crippen molar-refractivity contribution in [2.75, 3.05) is 24.6 Å². The molecule has 0 fully saturated rings. The Bertz CT molecular complexity index is 2500. The molecule has 78 heavy (non-hydrogen) atoms. The van der Waals surface area contributed by atoms with Gasteiger partial charge in [-0.1, -0.05) is 261 Å². The summed E-state index contributed by atoms with van der Waals surface area (Å²) in [5.74, 6) is 2.23. The van der Waals surface area contributed by atoms with Crippen LogP contribution in [0.5, 0.6) is 0 Å². The highest BCUT2D eigenvalue weighted by Gasteiger charge is 2.27. The van der Waals surface area contributed by atoms with E-state index in [-0.39, 0.29) is 43.3 Å². The minimum absolute atomic E-state index is 0.0453. The Kier molecular flexibility index (Phi) is 19.3. The van der Waals surface area contributed by atoms with Crippen LogP contribution in [0.25, 0.3) is 44.5 Å². The lowest BCUT2D eigenvalue weighted by Crippen LogP contribution is -2.83.